The number of rotatable bonds is 6. The molecule has 0 aromatic carbocycles. The molecule has 5 heteroatoms. The second kappa shape index (κ2) is 6.63. The standard InChI is InChI=1S/C10H20O5/c1-5-6-7-13-15-8(10(2,3)4)14-9(11)12/h8H,5-7H2,1-4H3,(H,11,12). The van der Waals surface area contributed by atoms with Crippen LogP contribution in [0.3, 0.4) is 0 Å². The Hall–Kier alpha value is -0.810. The van der Waals surface area contributed by atoms with Gasteiger partial charge in [0.25, 0.3) is 0 Å². The van der Waals surface area contributed by atoms with E-state index in [-0.39, 0.29) is 0 Å². The van der Waals surface area contributed by atoms with E-state index in [4.69, 9.17) is 14.9 Å². The van der Waals surface area contributed by atoms with Crippen LogP contribution in [0.25, 0.3) is 0 Å². The molecule has 0 saturated heterocycles. The van der Waals surface area contributed by atoms with Crippen molar-refractivity contribution in [3.63, 3.8) is 0 Å². The van der Waals surface area contributed by atoms with Gasteiger partial charge in [0.1, 0.15) is 0 Å². The summed E-state index contributed by atoms with van der Waals surface area (Å²) in [6, 6.07) is 0. The van der Waals surface area contributed by atoms with Crippen LogP contribution in [-0.2, 0) is 14.5 Å². The average Bonchev–Trinajstić information content (AvgIpc) is 2.08. The molecule has 0 spiro atoms. The molecule has 0 fully saturated rings. The predicted molar refractivity (Wildman–Crippen MR) is 54.3 cm³/mol. The Kier molecular flexibility index (Phi) is 6.27. The zero-order valence-corrected chi connectivity index (χ0v) is 9.78. The van der Waals surface area contributed by atoms with Crippen molar-refractivity contribution >= 4 is 6.16 Å². The molecule has 0 saturated carbocycles. The van der Waals surface area contributed by atoms with Gasteiger partial charge in [0.2, 0.25) is 6.29 Å². The van der Waals surface area contributed by atoms with Gasteiger partial charge in [-0.25, -0.2) is 9.68 Å². The van der Waals surface area contributed by atoms with Crippen molar-refractivity contribution in [2.75, 3.05) is 6.61 Å². The summed E-state index contributed by atoms with van der Waals surface area (Å²) < 4.78 is 4.56. The Balaban J connectivity index is 3.97. The first-order valence-electron chi connectivity index (χ1n) is 5.05. The van der Waals surface area contributed by atoms with Crippen LogP contribution < -0.4 is 0 Å². The first kappa shape index (κ1) is 14.2. The molecule has 15 heavy (non-hydrogen) atoms. The van der Waals surface area contributed by atoms with Crippen LogP contribution >= 0.6 is 0 Å². The third kappa shape index (κ3) is 7.16. The zero-order chi connectivity index (χ0) is 11.9. The second-order valence-corrected chi connectivity index (χ2v) is 4.35. The summed E-state index contributed by atoms with van der Waals surface area (Å²) in [6.07, 6.45) is -0.423. The smallest absolute Gasteiger partial charge is 0.450 e. The number of unbranched alkanes of at least 4 members (excludes halogenated alkanes) is 1. The number of carbonyl (C=O) groups is 1. The highest BCUT2D eigenvalue weighted by molar-refractivity contribution is 5.56. The molecular formula is C10H20O5. The zero-order valence-electron chi connectivity index (χ0n) is 9.78. The normalized spacial score (nSPS) is 13.6. The van der Waals surface area contributed by atoms with Crippen LogP contribution in [0, 0.1) is 5.41 Å². The predicted octanol–water partition coefficient (Wildman–Crippen LogP) is 2.80. The van der Waals surface area contributed by atoms with Gasteiger partial charge in [0.15, 0.2) is 0 Å². The molecule has 90 valence electrons. The molecule has 0 aromatic heterocycles. The molecule has 1 N–H and O–H groups in total. The molecule has 0 radical (unpaired) electrons. The van der Waals surface area contributed by atoms with E-state index in [2.05, 4.69) is 4.74 Å². The van der Waals surface area contributed by atoms with Crippen LogP contribution in [0.15, 0.2) is 0 Å². The molecule has 0 aromatic rings. The molecule has 0 aliphatic carbocycles. The summed E-state index contributed by atoms with van der Waals surface area (Å²) in [7, 11) is 0. The quantitative estimate of drug-likeness (QED) is 0.245. The van der Waals surface area contributed by atoms with E-state index < -0.39 is 17.9 Å². The molecule has 5 nitrogen and oxygen atoms in total. The van der Waals surface area contributed by atoms with E-state index in [1.807, 2.05) is 27.7 Å². The largest absolute Gasteiger partial charge is 0.508 e. The van der Waals surface area contributed by atoms with E-state index in [9.17, 15) is 4.79 Å². The fraction of sp³-hybridized carbons (Fsp3) is 0.900. The number of hydrogen-bond acceptors (Lipinski definition) is 4. The molecule has 0 rings (SSSR count). The van der Waals surface area contributed by atoms with Crippen LogP contribution in [0.1, 0.15) is 40.5 Å². The molecule has 0 heterocycles. The minimum Gasteiger partial charge on any atom is -0.450 e. The van der Waals surface area contributed by atoms with Gasteiger partial charge in [-0.05, 0) is 6.42 Å². The Bertz CT molecular complexity index is 185. The monoisotopic (exact) mass is 220 g/mol. The third-order valence-corrected chi connectivity index (χ3v) is 1.65. The van der Waals surface area contributed by atoms with E-state index in [0.717, 1.165) is 12.8 Å². The van der Waals surface area contributed by atoms with Crippen molar-refractivity contribution in [1.29, 1.82) is 0 Å². The van der Waals surface area contributed by atoms with Crippen molar-refractivity contribution in [3.05, 3.63) is 0 Å². The SMILES string of the molecule is CCCCOOC(OC(=O)O)C(C)(C)C. The van der Waals surface area contributed by atoms with Gasteiger partial charge in [-0.2, -0.15) is 4.89 Å². The number of hydrogen-bond donors (Lipinski definition) is 1. The first-order chi connectivity index (χ1) is 6.88. The Morgan fingerprint density at radius 3 is 2.40 bits per heavy atom. The summed E-state index contributed by atoms with van der Waals surface area (Å²) in [4.78, 5) is 20.2. The molecule has 0 aliphatic rings. The number of ether oxygens (including phenoxy) is 1. The summed E-state index contributed by atoms with van der Waals surface area (Å²) in [5.41, 5.74) is -0.454. The van der Waals surface area contributed by atoms with Gasteiger partial charge in [0.05, 0.1) is 6.61 Å². The van der Waals surface area contributed by atoms with Crippen molar-refractivity contribution in [3.8, 4) is 0 Å². The van der Waals surface area contributed by atoms with Crippen molar-refractivity contribution in [2.45, 2.75) is 46.8 Å². The minimum absolute atomic E-state index is 0.437. The fourth-order valence-electron chi connectivity index (χ4n) is 0.745. The van der Waals surface area contributed by atoms with Crippen molar-refractivity contribution in [1.82, 2.24) is 0 Å². The molecule has 1 unspecified atom stereocenters. The third-order valence-electron chi connectivity index (χ3n) is 1.65. The van der Waals surface area contributed by atoms with Crippen LogP contribution in [0.4, 0.5) is 4.79 Å². The lowest BCUT2D eigenvalue weighted by Crippen LogP contribution is -2.34. The van der Waals surface area contributed by atoms with Crippen LogP contribution in [0.2, 0.25) is 0 Å². The molecule has 0 amide bonds. The van der Waals surface area contributed by atoms with Crippen LogP contribution in [0.5, 0.6) is 0 Å². The van der Waals surface area contributed by atoms with Crippen molar-refractivity contribution in [2.24, 2.45) is 5.41 Å². The lowest BCUT2D eigenvalue weighted by atomic mass is 9.96. The van der Waals surface area contributed by atoms with Gasteiger partial charge < -0.3 is 9.84 Å². The molecule has 0 bridgehead atoms. The Labute approximate surface area is 90.2 Å². The molecule has 1 atom stereocenters. The fourth-order valence-corrected chi connectivity index (χ4v) is 0.745. The highest BCUT2D eigenvalue weighted by Crippen LogP contribution is 2.23. The maximum Gasteiger partial charge on any atom is 0.508 e. The van der Waals surface area contributed by atoms with E-state index in [1.54, 1.807) is 0 Å². The lowest BCUT2D eigenvalue weighted by Gasteiger charge is -2.27. The summed E-state index contributed by atoms with van der Waals surface area (Å²) in [5.74, 6) is 0. The summed E-state index contributed by atoms with van der Waals surface area (Å²) >= 11 is 0. The molecular weight excluding hydrogens is 200 g/mol. The van der Waals surface area contributed by atoms with Crippen molar-refractivity contribution < 1.29 is 24.4 Å². The highest BCUT2D eigenvalue weighted by atomic mass is 17.2. The Morgan fingerprint density at radius 2 is 2.00 bits per heavy atom. The maximum atomic E-state index is 10.4. The van der Waals surface area contributed by atoms with Gasteiger partial charge in [-0.1, -0.05) is 34.1 Å². The summed E-state index contributed by atoms with van der Waals surface area (Å²) in [6.45, 7) is 7.89. The highest BCUT2D eigenvalue weighted by Gasteiger charge is 2.30. The average molecular weight is 220 g/mol. The second-order valence-electron chi connectivity index (χ2n) is 4.35. The lowest BCUT2D eigenvalue weighted by molar-refractivity contribution is -0.389. The summed E-state index contributed by atoms with van der Waals surface area (Å²) in [5, 5.41) is 8.49. The van der Waals surface area contributed by atoms with E-state index in [0.29, 0.717) is 6.61 Å². The minimum atomic E-state index is -1.37. The molecule has 0 aliphatic heterocycles. The van der Waals surface area contributed by atoms with Gasteiger partial charge >= 0.3 is 6.16 Å². The van der Waals surface area contributed by atoms with E-state index >= 15 is 0 Å². The van der Waals surface area contributed by atoms with Gasteiger partial charge in [-0.15, -0.1) is 0 Å². The topological polar surface area (TPSA) is 65.0 Å². The van der Waals surface area contributed by atoms with E-state index in [1.165, 1.54) is 0 Å². The van der Waals surface area contributed by atoms with Crippen LogP contribution in [-0.4, -0.2) is 24.2 Å². The first-order valence-corrected chi connectivity index (χ1v) is 5.05. The number of carboxylic acid groups (broad SMARTS) is 1. The maximum absolute atomic E-state index is 10.4. The van der Waals surface area contributed by atoms with Gasteiger partial charge in [0, 0.05) is 5.41 Å². The van der Waals surface area contributed by atoms with Gasteiger partial charge in [-0.3, -0.25) is 0 Å². The Morgan fingerprint density at radius 1 is 1.40 bits per heavy atom.